The number of ether oxygens (including phenoxy) is 1. The van der Waals surface area contributed by atoms with Gasteiger partial charge in [-0.25, -0.2) is 4.98 Å². The molecule has 0 aliphatic rings. The van der Waals surface area contributed by atoms with Crippen molar-refractivity contribution in [2.45, 2.75) is 33.7 Å². The lowest BCUT2D eigenvalue weighted by Gasteiger charge is -2.13. The topological polar surface area (TPSA) is 58.5 Å². The van der Waals surface area contributed by atoms with Gasteiger partial charge in [0.15, 0.2) is 5.96 Å². The molecule has 0 radical (unpaired) electrons. The molecule has 0 atom stereocenters. The van der Waals surface area contributed by atoms with Gasteiger partial charge in [0.05, 0.1) is 17.3 Å². The third-order valence-corrected chi connectivity index (χ3v) is 4.33. The minimum absolute atomic E-state index is 0. The fourth-order valence-corrected chi connectivity index (χ4v) is 2.89. The van der Waals surface area contributed by atoms with Gasteiger partial charge in [0.25, 0.3) is 0 Å². The molecule has 0 spiro atoms. The summed E-state index contributed by atoms with van der Waals surface area (Å²) >= 11 is 1.69. The van der Waals surface area contributed by atoms with Crippen LogP contribution in [-0.4, -0.2) is 31.1 Å². The minimum atomic E-state index is 0. The summed E-state index contributed by atoms with van der Waals surface area (Å²) in [5.41, 5.74) is 2.29. The number of halogens is 1. The van der Waals surface area contributed by atoms with Crippen LogP contribution in [0.4, 0.5) is 0 Å². The van der Waals surface area contributed by atoms with Crippen LogP contribution in [0.2, 0.25) is 0 Å². The molecule has 0 amide bonds. The van der Waals surface area contributed by atoms with Crippen molar-refractivity contribution < 1.29 is 4.74 Å². The van der Waals surface area contributed by atoms with Crippen LogP contribution in [0.15, 0.2) is 34.6 Å². The van der Waals surface area contributed by atoms with E-state index in [1.165, 1.54) is 5.56 Å². The Bertz CT molecular complexity index is 688. The van der Waals surface area contributed by atoms with Crippen LogP contribution >= 0.6 is 35.3 Å². The molecule has 144 valence electrons. The van der Waals surface area contributed by atoms with Gasteiger partial charge in [-0.1, -0.05) is 26.0 Å². The Labute approximate surface area is 177 Å². The van der Waals surface area contributed by atoms with Gasteiger partial charge in [0.1, 0.15) is 5.75 Å². The molecule has 0 fully saturated rings. The van der Waals surface area contributed by atoms with Crippen molar-refractivity contribution in [1.82, 2.24) is 15.6 Å². The van der Waals surface area contributed by atoms with Crippen LogP contribution in [-0.2, 0) is 13.0 Å². The van der Waals surface area contributed by atoms with Crippen molar-refractivity contribution in [3.05, 3.63) is 45.9 Å². The molecule has 0 bridgehead atoms. The predicted octanol–water partition coefficient (Wildman–Crippen LogP) is 4.01. The first kappa shape index (κ1) is 22.7. The highest BCUT2D eigenvalue weighted by molar-refractivity contribution is 14.0. The number of rotatable bonds is 8. The quantitative estimate of drug-likeness (QED) is 0.335. The van der Waals surface area contributed by atoms with Gasteiger partial charge < -0.3 is 15.4 Å². The van der Waals surface area contributed by atoms with Crippen LogP contribution in [0.3, 0.4) is 0 Å². The number of hydrogen-bond donors (Lipinski definition) is 2. The third-order valence-electron chi connectivity index (χ3n) is 3.51. The standard InChI is InChI=1S/C19H28N4OS.HI/c1-14(2)12-24-18-7-5-6-16(10-18)11-22-19(20-4)21-9-8-17-13-25-15(3)23-17;/h5-7,10,13-14H,8-9,11-12H2,1-4H3,(H2,20,21,22);1H. The van der Waals surface area contributed by atoms with Crippen molar-refractivity contribution >= 4 is 41.3 Å². The van der Waals surface area contributed by atoms with Crippen LogP contribution in [0.5, 0.6) is 5.75 Å². The Morgan fingerprint density at radius 3 is 2.77 bits per heavy atom. The summed E-state index contributed by atoms with van der Waals surface area (Å²) in [5, 5.41) is 9.87. The first-order valence-corrected chi connectivity index (χ1v) is 9.52. The third kappa shape index (κ3) is 8.35. The number of aromatic nitrogens is 1. The van der Waals surface area contributed by atoms with Gasteiger partial charge >= 0.3 is 0 Å². The first-order chi connectivity index (χ1) is 12.1. The molecule has 0 aliphatic heterocycles. The number of hydrogen-bond acceptors (Lipinski definition) is 4. The first-order valence-electron chi connectivity index (χ1n) is 8.64. The number of nitrogens with one attached hydrogen (secondary N) is 2. The summed E-state index contributed by atoms with van der Waals surface area (Å²) in [4.78, 5) is 8.74. The van der Waals surface area contributed by atoms with Gasteiger partial charge in [-0.3, -0.25) is 4.99 Å². The number of aliphatic imine (C=N–C) groups is 1. The zero-order valence-corrected chi connectivity index (χ0v) is 19.1. The van der Waals surface area contributed by atoms with E-state index in [0.717, 1.165) is 42.0 Å². The molecule has 1 aromatic heterocycles. The van der Waals surface area contributed by atoms with Crippen molar-refractivity contribution in [1.29, 1.82) is 0 Å². The summed E-state index contributed by atoms with van der Waals surface area (Å²) in [6, 6.07) is 8.17. The van der Waals surface area contributed by atoms with Crippen molar-refractivity contribution in [2.24, 2.45) is 10.9 Å². The molecule has 7 heteroatoms. The maximum Gasteiger partial charge on any atom is 0.191 e. The molecule has 2 rings (SSSR count). The SMILES string of the molecule is CN=C(NCCc1csc(C)n1)NCc1cccc(OCC(C)C)c1.I. The molecule has 2 aromatic rings. The van der Waals surface area contributed by atoms with Gasteiger partial charge in [-0.2, -0.15) is 0 Å². The van der Waals surface area contributed by atoms with E-state index in [1.807, 2.05) is 19.1 Å². The van der Waals surface area contributed by atoms with Crippen LogP contribution in [0.1, 0.15) is 30.1 Å². The Hall–Kier alpha value is -1.35. The van der Waals surface area contributed by atoms with E-state index < -0.39 is 0 Å². The van der Waals surface area contributed by atoms with E-state index >= 15 is 0 Å². The second-order valence-electron chi connectivity index (χ2n) is 6.31. The van der Waals surface area contributed by atoms with E-state index in [2.05, 4.69) is 52.0 Å². The van der Waals surface area contributed by atoms with Crippen LogP contribution < -0.4 is 15.4 Å². The van der Waals surface area contributed by atoms with E-state index in [-0.39, 0.29) is 24.0 Å². The highest BCUT2D eigenvalue weighted by atomic mass is 127. The number of nitrogens with zero attached hydrogens (tertiary/aromatic N) is 2. The smallest absolute Gasteiger partial charge is 0.191 e. The predicted molar refractivity (Wildman–Crippen MR) is 121 cm³/mol. The molecule has 0 unspecified atom stereocenters. The molecule has 26 heavy (non-hydrogen) atoms. The normalized spacial score (nSPS) is 11.2. The lowest BCUT2D eigenvalue weighted by Crippen LogP contribution is -2.37. The molecule has 0 saturated carbocycles. The zero-order chi connectivity index (χ0) is 18.1. The lowest BCUT2D eigenvalue weighted by molar-refractivity contribution is 0.271. The molecular weight excluding hydrogens is 459 g/mol. The Morgan fingerprint density at radius 2 is 2.12 bits per heavy atom. The molecule has 2 N–H and O–H groups in total. The second kappa shape index (κ2) is 12.1. The molecule has 5 nitrogen and oxygen atoms in total. The molecule has 0 saturated heterocycles. The number of benzene rings is 1. The molecular formula is C19H29IN4OS. The van der Waals surface area contributed by atoms with Crippen molar-refractivity contribution in [2.75, 3.05) is 20.2 Å². The van der Waals surface area contributed by atoms with Crippen LogP contribution in [0.25, 0.3) is 0 Å². The van der Waals surface area contributed by atoms with E-state index in [0.29, 0.717) is 12.5 Å². The van der Waals surface area contributed by atoms with Crippen molar-refractivity contribution in [3.63, 3.8) is 0 Å². The average molecular weight is 488 g/mol. The lowest BCUT2D eigenvalue weighted by atomic mass is 10.2. The van der Waals surface area contributed by atoms with E-state index in [9.17, 15) is 0 Å². The minimum Gasteiger partial charge on any atom is -0.493 e. The Kier molecular flexibility index (Phi) is 10.6. The number of aryl methyl sites for hydroxylation is 1. The average Bonchev–Trinajstić information content (AvgIpc) is 3.01. The fraction of sp³-hybridized carbons (Fsp3) is 0.474. The van der Waals surface area contributed by atoms with Crippen LogP contribution in [0, 0.1) is 12.8 Å². The second-order valence-corrected chi connectivity index (χ2v) is 7.37. The molecule has 1 heterocycles. The summed E-state index contributed by atoms with van der Waals surface area (Å²) in [6.07, 6.45) is 0.892. The van der Waals surface area contributed by atoms with Gasteiger partial charge in [0.2, 0.25) is 0 Å². The largest absolute Gasteiger partial charge is 0.493 e. The van der Waals surface area contributed by atoms with E-state index in [1.54, 1.807) is 18.4 Å². The monoisotopic (exact) mass is 488 g/mol. The highest BCUT2D eigenvalue weighted by Crippen LogP contribution is 2.14. The van der Waals surface area contributed by atoms with Crippen molar-refractivity contribution in [3.8, 4) is 5.75 Å². The number of thiazole rings is 1. The van der Waals surface area contributed by atoms with Gasteiger partial charge in [-0.15, -0.1) is 35.3 Å². The summed E-state index contributed by atoms with van der Waals surface area (Å²) in [6.45, 7) is 8.56. The molecule has 1 aromatic carbocycles. The van der Waals surface area contributed by atoms with Gasteiger partial charge in [0, 0.05) is 31.9 Å². The van der Waals surface area contributed by atoms with E-state index in [4.69, 9.17) is 4.74 Å². The summed E-state index contributed by atoms with van der Waals surface area (Å²) in [5.74, 6) is 2.22. The zero-order valence-electron chi connectivity index (χ0n) is 15.9. The summed E-state index contributed by atoms with van der Waals surface area (Å²) < 4.78 is 5.78. The number of guanidine groups is 1. The maximum absolute atomic E-state index is 5.78. The highest BCUT2D eigenvalue weighted by Gasteiger charge is 2.03. The molecule has 0 aliphatic carbocycles. The van der Waals surface area contributed by atoms with Gasteiger partial charge in [-0.05, 0) is 30.5 Å². The fourth-order valence-electron chi connectivity index (χ4n) is 2.25. The summed E-state index contributed by atoms with van der Waals surface area (Å²) in [7, 11) is 1.78. The Balaban J connectivity index is 0.00000338. The Morgan fingerprint density at radius 1 is 1.31 bits per heavy atom. The maximum atomic E-state index is 5.78.